The zero-order chi connectivity index (χ0) is 18.1. The lowest BCUT2D eigenvalue weighted by Crippen LogP contribution is -2.44. The van der Waals surface area contributed by atoms with Gasteiger partial charge >= 0.3 is 5.97 Å². The van der Waals surface area contributed by atoms with Gasteiger partial charge in [0.25, 0.3) is 0 Å². The van der Waals surface area contributed by atoms with Gasteiger partial charge in [0.1, 0.15) is 5.82 Å². The molecule has 0 spiro atoms. The number of carboxylic acid groups (broad SMARTS) is 1. The Hall–Kier alpha value is -1.57. The van der Waals surface area contributed by atoms with Crippen LogP contribution in [0.1, 0.15) is 31.3 Å². The van der Waals surface area contributed by atoms with E-state index in [0.29, 0.717) is 25.7 Å². The molecule has 26 heavy (non-hydrogen) atoms. The summed E-state index contributed by atoms with van der Waals surface area (Å²) in [5, 5.41) is 10.1. The normalized spacial score (nSPS) is 30.6. The average Bonchev–Trinajstić information content (AvgIpc) is 3.18. The van der Waals surface area contributed by atoms with Gasteiger partial charge in [-0.3, -0.25) is 14.6 Å². The van der Waals surface area contributed by atoms with Crippen LogP contribution < -0.4 is 0 Å². The van der Waals surface area contributed by atoms with Gasteiger partial charge in [-0.05, 0) is 18.9 Å². The number of likely N-dealkylation sites (tertiary alicyclic amines) is 2. The molecule has 0 bridgehead atoms. The Kier molecular flexibility index (Phi) is 4.94. The van der Waals surface area contributed by atoms with Crippen LogP contribution in [0.3, 0.4) is 0 Å². The molecule has 142 valence electrons. The van der Waals surface area contributed by atoms with E-state index in [1.807, 2.05) is 13.0 Å². The average molecular weight is 360 g/mol. The van der Waals surface area contributed by atoms with Crippen LogP contribution in [0.2, 0.25) is 0 Å². The third-order valence-corrected chi connectivity index (χ3v) is 6.30. The number of aromatic nitrogens is 2. The van der Waals surface area contributed by atoms with Crippen molar-refractivity contribution < 1.29 is 14.6 Å². The van der Waals surface area contributed by atoms with Crippen LogP contribution in [0.25, 0.3) is 0 Å². The molecule has 1 aromatic rings. The molecule has 1 aromatic heterocycles. The minimum Gasteiger partial charge on any atom is -0.481 e. The quantitative estimate of drug-likeness (QED) is 0.840. The second kappa shape index (κ2) is 7.21. The number of ether oxygens (including phenoxy) is 1. The maximum atomic E-state index is 12.2. The van der Waals surface area contributed by atoms with E-state index in [-0.39, 0.29) is 5.92 Å². The molecule has 7 nitrogen and oxygen atoms in total. The Morgan fingerprint density at radius 1 is 1.35 bits per heavy atom. The molecule has 3 saturated heterocycles. The summed E-state index contributed by atoms with van der Waals surface area (Å²) in [4.78, 5) is 25.7. The molecule has 2 atom stereocenters. The van der Waals surface area contributed by atoms with Gasteiger partial charge in [0.05, 0.1) is 11.1 Å². The fraction of sp³-hybridized carbons (Fsp3) is 0.737. The summed E-state index contributed by atoms with van der Waals surface area (Å²) in [6.07, 6.45) is 4.66. The van der Waals surface area contributed by atoms with Crippen LogP contribution in [-0.4, -0.2) is 76.3 Å². The monoisotopic (exact) mass is 360 g/mol. The molecule has 4 rings (SSSR count). The molecule has 3 aliphatic heterocycles. The molecule has 0 saturated carbocycles. The van der Waals surface area contributed by atoms with Gasteiger partial charge in [0.15, 0.2) is 0 Å². The Labute approximate surface area is 154 Å². The SMILES string of the molecule is CCc1nccc(CN2C[C@H]3CN(C4CCOCC4)C[C@@]3(C(=O)O)C2)n1. The number of hydrogen-bond acceptors (Lipinski definition) is 6. The van der Waals surface area contributed by atoms with Crippen molar-refractivity contribution in [2.24, 2.45) is 11.3 Å². The largest absolute Gasteiger partial charge is 0.481 e. The van der Waals surface area contributed by atoms with Crippen LogP contribution >= 0.6 is 0 Å². The Balaban J connectivity index is 1.45. The number of aliphatic carboxylic acids is 1. The number of carboxylic acids is 1. The standard InChI is InChI=1S/C19H28N4O3/c1-2-17-20-6-3-15(21-17)11-22-9-14-10-23(16-4-7-26-8-5-16)13-19(14,12-22)18(24)25/h3,6,14,16H,2,4-5,7-13H2,1H3,(H,24,25)/t14-,19-/m0/s1. The topological polar surface area (TPSA) is 78.8 Å². The predicted octanol–water partition coefficient (Wildman–Crippen LogP) is 1.04. The summed E-state index contributed by atoms with van der Waals surface area (Å²) in [5.74, 6) is 0.396. The Morgan fingerprint density at radius 2 is 2.15 bits per heavy atom. The van der Waals surface area contributed by atoms with Gasteiger partial charge in [-0.2, -0.15) is 0 Å². The lowest BCUT2D eigenvalue weighted by molar-refractivity contribution is -0.149. The predicted molar refractivity (Wildman–Crippen MR) is 95.7 cm³/mol. The van der Waals surface area contributed by atoms with Gasteiger partial charge in [-0.25, -0.2) is 9.97 Å². The molecule has 0 aromatic carbocycles. The zero-order valence-electron chi connectivity index (χ0n) is 15.4. The highest BCUT2D eigenvalue weighted by Crippen LogP contribution is 2.44. The minimum atomic E-state index is -0.642. The summed E-state index contributed by atoms with van der Waals surface area (Å²) in [6, 6.07) is 2.42. The lowest BCUT2D eigenvalue weighted by Gasteiger charge is -2.33. The van der Waals surface area contributed by atoms with Crippen molar-refractivity contribution in [2.75, 3.05) is 39.4 Å². The number of rotatable bonds is 5. The summed E-state index contributed by atoms with van der Waals surface area (Å²) in [7, 11) is 0. The van der Waals surface area contributed by atoms with Gasteiger partial charge < -0.3 is 9.84 Å². The van der Waals surface area contributed by atoms with Crippen LogP contribution in [-0.2, 0) is 22.5 Å². The highest BCUT2D eigenvalue weighted by atomic mass is 16.5. The van der Waals surface area contributed by atoms with Crippen molar-refractivity contribution >= 4 is 5.97 Å². The van der Waals surface area contributed by atoms with Gasteiger partial charge in [-0.15, -0.1) is 0 Å². The van der Waals surface area contributed by atoms with Crippen LogP contribution in [0.15, 0.2) is 12.3 Å². The van der Waals surface area contributed by atoms with E-state index < -0.39 is 11.4 Å². The van der Waals surface area contributed by atoms with E-state index in [9.17, 15) is 9.90 Å². The summed E-state index contributed by atoms with van der Waals surface area (Å²) >= 11 is 0. The van der Waals surface area contributed by atoms with Crippen molar-refractivity contribution in [1.29, 1.82) is 0 Å². The smallest absolute Gasteiger partial charge is 0.312 e. The Morgan fingerprint density at radius 3 is 2.85 bits per heavy atom. The molecule has 0 amide bonds. The molecule has 4 heterocycles. The lowest BCUT2D eigenvalue weighted by atomic mass is 9.81. The third kappa shape index (κ3) is 3.23. The molecule has 3 fully saturated rings. The van der Waals surface area contributed by atoms with Crippen LogP contribution in [0.5, 0.6) is 0 Å². The maximum absolute atomic E-state index is 12.2. The first-order valence-corrected chi connectivity index (χ1v) is 9.69. The van der Waals surface area contributed by atoms with E-state index >= 15 is 0 Å². The summed E-state index contributed by atoms with van der Waals surface area (Å²) in [5.41, 5.74) is 0.345. The van der Waals surface area contributed by atoms with E-state index in [4.69, 9.17) is 4.74 Å². The van der Waals surface area contributed by atoms with E-state index in [2.05, 4.69) is 19.8 Å². The van der Waals surface area contributed by atoms with Gasteiger partial charge in [0.2, 0.25) is 0 Å². The van der Waals surface area contributed by atoms with Crippen molar-refractivity contribution in [3.63, 3.8) is 0 Å². The van der Waals surface area contributed by atoms with Crippen LogP contribution in [0, 0.1) is 11.3 Å². The van der Waals surface area contributed by atoms with E-state index in [1.165, 1.54) is 0 Å². The molecule has 1 N–H and O–H groups in total. The Bertz CT molecular complexity index is 664. The first-order chi connectivity index (χ1) is 12.6. The maximum Gasteiger partial charge on any atom is 0.312 e. The van der Waals surface area contributed by atoms with Crippen molar-refractivity contribution in [3.05, 3.63) is 23.8 Å². The molecule has 3 aliphatic rings. The van der Waals surface area contributed by atoms with Gasteiger partial charge in [-0.1, -0.05) is 6.92 Å². The first-order valence-electron chi connectivity index (χ1n) is 9.69. The number of nitrogens with zero attached hydrogens (tertiary/aromatic N) is 4. The van der Waals surface area contributed by atoms with Crippen molar-refractivity contribution in [1.82, 2.24) is 19.8 Å². The number of carbonyl (C=O) groups is 1. The number of fused-ring (bicyclic) bond motifs is 1. The number of aryl methyl sites for hydroxylation is 1. The van der Waals surface area contributed by atoms with E-state index in [0.717, 1.165) is 57.1 Å². The van der Waals surface area contributed by atoms with Gasteiger partial charge in [0, 0.05) is 70.5 Å². The third-order valence-electron chi connectivity index (χ3n) is 6.30. The first kappa shape index (κ1) is 17.8. The van der Waals surface area contributed by atoms with Crippen molar-refractivity contribution in [3.8, 4) is 0 Å². The van der Waals surface area contributed by atoms with E-state index in [1.54, 1.807) is 6.20 Å². The molecule has 0 radical (unpaired) electrons. The molecule has 0 aliphatic carbocycles. The fourth-order valence-electron chi connectivity index (χ4n) is 4.89. The summed E-state index contributed by atoms with van der Waals surface area (Å²) in [6.45, 7) is 7.34. The summed E-state index contributed by atoms with van der Waals surface area (Å²) < 4.78 is 5.46. The van der Waals surface area contributed by atoms with Crippen LogP contribution in [0.4, 0.5) is 0 Å². The molecular weight excluding hydrogens is 332 g/mol. The second-order valence-electron chi connectivity index (χ2n) is 7.92. The molecule has 0 unspecified atom stereocenters. The fourth-order valence-corrected chi connectivity index (χ4v) is 4.89. The zero-order valence-corrected chi connectivity index (χ0v) is 15.4. The highest BCUT2D eigenvalue weighted by Gasteiger charge is 2.58. The molecular formula is C19H28N4O3. The van der Waals surface area contributed by atoms with Crippen molar-refractivity contribution in [2.45, 2.75) is 38.8 Å². The highest BCUT2D eigenvalue weighted by molar-refractivity contribution is 5.77. The molecule has 7 heteroatoms. The minimum absolute atomic E-state index is 0.190. The number of hydrogen-bond donors (Lipinski definition) is 1. The second-order valence-corrected chi connectivity index (χ2v) is 7.92.